The van der Waals surface area contributed by atoms with E-state index in [-0.39, 0.29) is 34.2 Å². The molecule has 1 aromatic carbocycles. The van der Waals surface area contributed by atoms with Gasteiger partial charge in [-0.15, -0.1) is 11.3 Å². The van der Waals surface area contributed by atoms with Crippen LogP contribution in [0.4, 0.5) is 5.00 Å². The molecule has 1 heterocycles. The van der Waals surface area contributed by atoms with Crippen LogP contribution in [0.25, 0.3) is 0 Å². The second-order valence-electron chi connectivity index (χ2n) is 4.57. The summed E-state index contributed by atoms with van der Waals surface area (Å²) in [7, 11) is 0. The van der Waals surface area contributed by atoms with E-state index in [0.717, 1.165) is 14.9 Å². The van der Waals surface area contributed by atoms with Crippen LogP contribution in [0.15, 0.2) is 24.3 Å². The number of esters is 2. The van der Waals surface area contributed by atoms with E-state index >= 15 is 0 Å². The van der Waals surface area contributed by atoms with Crippen molar-refractivity contribution in [2.75, 3.05) is 12.3 Å². The Labute approximate surface area is 156 Å². The number of halogens is 1. The molecule has 0 fully saturated rings. The van der Waals surface area contributed by atoms with Crippen LogP contribution in [0.2, 0.25) is 0 Å². The average Bonchev–Trinajstić information content (AvgIpc) is 2.88. The SMILES string of the molecule is CCOC(=O)c1sc(N)c(C#N)c1COC(=O)c1cccc(I)c1. The second kappa shape index (κ2) is 8.12. The Morgan fingerprint density at radius 3 is 2.71 bits per heavy atom. The number of rotatable bonds is 5. The van der Waals surface area contributed by atoms with E-state index in [9.17, 15) is 14.9 Å². The number of carbonyl (C=O) groups is 2. The highest BCUT2D eigenvalue weighted by Gasteiger charge is 2.24. The summed E-state index contributed by atoms with van der Waals surface area (Å²) in [6.45, 7) is 1.64. The molecule has 0 aliphatic heterocycles. The Bertz CT molecular complexity index is 826. The van der Waals surface area contributed by atoms with Gasteiger partial charge in [0, 0.05) is 9.13 Å². The Morgan fingerprint density at radius 2 is 2.08 bits per heavy atom. The largest absolute Gasteiger partial charge is 0.462 e. The van der Waals surface area contributed by atoms with Crippen molar-refractivity contribution in [2.45, 2.75) is 13.5 Å². The van der Waals surface area contributed by atoms with Gasteiger partial charge in [-0.05, 0) is 47.7 Å². The second-order valence-corrected chi connectivity index (χ2v) is 6.87. The van der Waals surface area contributed by atoms with Gasteiger partial charge < -0.3 is 15.2 Å². The average molecular weight is 456 g/mol. The molecule has 0 aliphatic rings. The zero-order chi connectivity index (χ0) is 17.7. The molecular formula is C16H13IN2O4S. The van der Waals surface area contributed by atoms with Crippen LogP contribution in [-0.2, 0) is 16.1 Å². The molecule has 0 aliphatic carbocycles. The minimum atomic E-state index is -0.587. The fraction of sp³-hybridized carbons (Fsp3) is 0.188. The lowest BCUT2D eigenvalue weighted by atomic mass is 10.1. The van der Waals surface area contributed by atoms with Crippen molar-refractivity contribution in [3.8, 4) is 6.07 Å². The smallest absolute Gasteiger partial charge is 0.348 e. The molecule has 0 atom stereocenters. The van der Waals surface area contributed by atoms with Gasteiger partial charge in [0.05, 0.1) is 17.7 Å². The van der Waals surface area contributed by atoms with Crippen molar-refractivity contribution in [3.63, 3.8) is 0 Å². The van der Waals surface area contributed by atoms with E-state index < -0.39 is 11.9 Å². The first kappa shape index (κ1) is 18.2. The molecule has 0 saturated heterocycles. The first-order valence-corrected chi connectivity index (χ1v) is 8.78. The van der Waals surface area contributed by atoms with Crippen LogP contribution in [-0.4, -0.2) is 18.5 Å². The predicted molar refractivity (Wildman–Crippen MR) is 97.7 cm³/mol. The molecule has 1 aromatic heterocycles. The van der Waals surface area contributed by atoms with E-state index in [1.807, 2.05) is 12.1 Å². The number of hydrogen-bond acceptors (Lipinski definition) is 7. The van der Waals surface area contributed by atoms with E-state index in [4.69, 9.17) is 15.2 Å². The molecule has 0 spiro atoms. The highest BCUT2D eigenvalue weighted by molar-refractivity contribution is 14.1. The zero-order valence-electron chi connectivity index (χ0n) is 12.7. The van der Waals surface area contributed by atoms with Crippen molar-refractivity contribution in [2.24, 2.45) is 0 Å². The molecule has 0 amide bonds. The number of nitrogen functional groups attached to an aromatic ring is 1. The predicted octanol–water partition coefficient (Wildman–Crippen LogP) is 3.34. The van der Waals surface area contributed by atoms with Crippen molar-refractivity contribution in [1.82, 2.24) is 0 Å². The molecule has 24 heavy (non-hydrogen) atoms. The topological polar surface area (TPSA) is 102 Å². The Kier molecular flexibility index (Phi) is 6.16. The molecule has 2 aromatic rings. The molecular weight excluding hydrogens is 443 g/mol. The third-order valence-electron chi connectivity index (χ3n) is 3.01. The number of anilines is 1. The number of thiophene rings is 1. The van der Waals surface area contributed by atoms with E-state index in [2.05, 4.69) is 22.6 Å². The summed E-state index contributed by atoms with van der Waals surface area (Å²) < 4.78 is 11.1. The fourth-order valence-corrected chi connectivity index (χ4v) is 3.40. The van der Waals surface area contributed by atoms with Crippen LogP contribution >= 0.6 is 33.9 Å². The number of ether oxygens (including phenoxy) is 2. The Hall–Kier alpha value is -2.12. The van der Waals surface area contributed by atoms with Crippen LogP contribution in [0.1, 0.15) is 38.1 Å². The third-order valence-corrected chi connectivity index (χ3v) is 4.73. The lowest BCUT2D eigenvalue weighted by molar-refractivity contribution is 0.0452. The summed E-state index contributed by atoms with van der Waals surface area (Å²) in [6.07, 6.45) is 0. The molecule has 0 unspecified atom stereocenters. The maximum absolute atomic E-state index is 12.1. The number of nitriles is 1. The van der Waals surface area contributed by atoms with Gasteiger partial charge in [-0.25, -0.2) is 9.59 Å². The van der Waals surface area contributed by atoms with Crippen molar-refractivity contribution < 1.29 is 19.1 Å². The molecule has 2 N–H and O–H groups in total. The summed E-state index contributed by atoms with van der Waals surface area (Å²) in [5.41, 5.74) is 6.57. The Balaban J connectivity index is 2.24. The van der Waals surface area contributed by atoms with Gasteiger partial charge in [-0.1, -0.05) is 6.07 Å². The summed E-state index contributed by atoms with van der Waals surface area (Å²) in [4.78, 5) is 24.3. The van der Waals surface area contributed by atoms with Gasteiger partial charge in [-0.3, -0.25) is 0 Å². The maximum Gasteiger partial charge on any atom is 0.348 e. The number of benzene rings is 1. The van der Waals surface area contributed by atoms with Gasteiger partial charge in [0.2, 0.25) is 0 Å². The van der Waals surface area contributed by atoms with Crippen molar-refractivity contribution in [3.05, 3.63) is 49.4 Å². The molecule has 6 nitrogen and oxygen atoms in total. The van der Waals surface area contributed by atoms with E-state index in [1.165, 1.54) is 0 Å². The summed E-state index contributed by atoms with van der Waals surface area (Å²) in [5, 5.41) is 9.42. The quantitative estimate of drug-likeness (QED) is 0.547. The first-order valence-electron chi connectivity index (χ1n) is 6.89. The standard InChI is InChI=1S/C16H13IN2O4S/c1-2-22-16(21)13-12(11(7-18)14(19)24-13)8-23-15(20)9-4-3-5-10(17)6-9/h3-6H,2,8,19H2,1H3. The molecule has 0 bridgehead atoms. The van der Waals surface area contributed by atoms with Crippen molar-refractivity contribution in [1.29, 1.82) is 5.26 Å². The van der Waals surface area contributed by atoms with Crippen LogP contribution < -0.4 is 5.73 Å². The minimum Gasteiger partial charge on any atom is -0.462 e. The van der Waals surface area contributed by atoms with Crippen LogP contribution in [0.3, 0.4) is 0 Å². The van der Waals surface area contributed by atoms with Gasteiger partial charge in [0.25, 0.3) is 0 Å². The fourth-order valence-electron chi connectivity index (χ4n) is 1.94. The van der Waals surface area contributed by atoms with Gasteiger partial charge in [-0.2, -0.15) is 5.26 Å². The number of hydrogen-bond donors (Lipinski definition) is 1. The summed E-state index contributed by atoms with van der Waals surface area (Å²) in [5.74, 6) is -1.13. The Morgan fingerprint density at radius 1 is 1.33 bits per heavy atom. The zero-order valence-corrected chi connectivity index (χ0v) is 15.6. The van der Waals surface area contributed by atoms with Gasteiger partial charge >= 0.3 is 11.9 Å². The van der Waals surface area contributed by atoms with Crippen molar-refractivity contribution >= 4 is 50.9 Å². The van der Waals surface area contributed by atoms with Crippen LogP contribution in [0, 0.1) is 14.9 Å². The molecule has 0 saturated carbocycles. The summed E-state index contributed by atoms with van der Waals surface area (Å²) >= 11 is 3.04. The molecule has 8 heteroatoms. The van der Waals surface area contributed by atoms with Crippen LogP contribution in [0.5, 0.6) is 0 Å². The number of carbonyl (C=O) groups excluding carboxylic acids is 2. The molecule has 124 valence electrons. The lowest BCUT2D eigenvalue weighted by Crippen LogP contribution is -2.10. The monoisotopic (exact) mass is 456 g/mol. The highest BCUT2D eigenvalue weighted by Crippen LogP contribution is 2.32. The number of nitrogens with zero attached hydrogens (tertiary/aromatic N) is 1. The molecule has 2 rings (SSSR count). The first-order chi connectivity index (χ1) is 11.5. The van der Waals surface area contributed by atoms with Gasteiger partial charge in [0.1, 0.15) is 22.6 Å². The normalized spacial score (nSPS) is 10.0. The lowest BCUT2D eigenvalue weighted by Gasteiger charge is -2.07. The summed E-state index contributed by atoms with van der Waals surface area (Å²) in [6, 6.07) is 8.84. The molecule has 0 radical (unpaired) electrons. The van der Waals surface area contributed by atoms with E-state index in [0.29, 0.717) is 5.56 Å². The minimum absolute atomic E-state index is 0.137. The number of nitrogens with two attached hydrogens (primary N) is 1. The third kappa shape index (κ3) is 4.04. The van der Waals surface area contributed by atoms with E-state index in [1.54, 1.807) is 25.1 Å². The van der Waals surface area contributed by atoms with Gasteiger partial charge in [0.15, 0.2) is 0 Å². The highest BCUT2D eigenvalue weighted by atomic mass is 127. The maximum atomic E-state index is 12.1.